The molecule has 1 aromatic carbocycles. The molecule has 8 nitrogen and oxygen atoms in total. The lowest BCUT2D eigenvalue weighted by Gasteiger charge is -2.19. The molecule has 0 radical (unpaired) electrons. The fraction of sp³-hybridized carbons (Fsp3) is 0.500. The van der Waals surface area contributed by atoms with Gasteiger partial charge in [0.2, 0.25) is 15.9 Å². The SMILES string of the molecule is CC(C)(C)OC(=O)NCCNC(=O)CCNS(=O)(=O)c1ccc(Br)cc1. The molecule has 0 fully saturated rings. The van der Waals surface area contributed by atoms with E-state index < -0.39 is 21.7 Å². The van der Waals surface area contributed by atoms with Gasteiger partial charge in [-0.3, -0.25) is 4.79 Å². The first-order chi connectivity index (χ1) is 12.0. The highest BCUT2D eigenvalue weighted by molar-refractivity contribution is 9.10. The van der Waals surface area contributed by atoms with Crippen LogP contribution in [-0.4, -0.2) is 45.7 Å². The Morgan fingerprint density at radius 2 is 1.62 bits per heavy atom. The number of sulfonamides is 1. The summed E-state index contributed by atoms with van der Waals surface area (Å²) in [5.74, 6) is -0.325. The predicted molar refractivity (Wildman–Crippen MR) is 101 cm³/mol. The molecule has 0 heterocycles. The van der Waals surface area contributed by atoms with E-state index in [-0.39, 0.29) is 36.9 Å². The van der Waals surface area contributed by atoms with E-state index in [4.69, 9.17) is 4.74 Å². The van der Waals surface area contributed by atoms with E-state index in [2.05, 4.69) is 31.3 Å². The van der Waals surface area contributed by atoms with Crippen molar-refractivity contribution in [2.24, 2.45) is 0 Å². The molecule has 26 heavy (non-hydrogen) atoms. The summed E-state index contributed by atoms with van der Waals surface area (Å²) in [4.78, 5) is 23.2. The van der Waals surface area contributed by atoms with Crippen LogP contribution in [0.5, 0.6) is 0 Å². The highest BCUT2D eigenvalue weighted by Gasteiger charge is 2.16. The minimum atomic E-state index is -3.65. The van der Waals surface area contributed by atoms with Crippen LogP contribution in [0.15, 0.2) is 33.6 Å². The summed E-state index contributed by atoms with van der Waals surface area (Å²) in [6, 6.07) is 6.18. The van der Waals surface area contributed by atoms with Gasteiger partial charge in [-0.15, -0.1) is 0 Å². The largest absolute Gasteiger partial charge is 0.444 e. The van der Waals surface area contributed by atoms with Gasteiger partial charge >= 0.3 is 6.09 Å². The molecule has 1 aromatic rings. The lowest BCUT2D eigenvalue weighted by Crippen LogP contribution is -2.38. The van der Waals surface area contributed by atoms with E-state index in [9.17, 15) is 18.0 Å². The average Bonchev–Trinajstić information content (AvgIpc) is 2.50. The maximum Gasteiger partial charge on any atom is 0.407 e. The predicted octanol–water partition coefficient (Wildman–Crippen LogP) is 1.76. The first kappa shape index (κ1) is 22.4. The van der Waals surface area contributed by atoms with Crippen molar-refractivity contribution < 1.29 is 22.7 Å². The van der Waals surface area contributed by atoms with Crippen LogP contribution in [0.25, 0.3) is 0 Å². The van der Waals surface area contributed by atoms with Gasteiger partial charge in [-0.25, -0.2) is 17.9 Å². The maximum atomic E-state index is 12.1. The second-order valence-corrected chi connectivity index (χ2v) is 9.06. The highest BCUT2D eigenvalue weighted by atomic mass is 79.9. The summed E-state index contributed by atoms with van der Waals surface area (Å²) in [6.45, 7) is 5.67. The Morgan fingerprint density at radius 1 is 1.04 bits per heavy atom. The molecule has 0 atom stereocenters. The maximum absolute atomic E-state index is 12.1. The van der Waals surface area contributed by atoms with Crippen molar-refractivity contribution in [1.82, 2.24) is 15.4 Å². The van der Waals surface area contributed by atoms with Crippen molar-refractivity contribution in [1.29, 1.82) is 0 Å². The lowest BCUT2D eigenvalue weighted by atomic mass is 10.2. The van der Waals surface area contributed by atoms with Crippen LogP contribution in [0, 0.1) is 0 Å². The third-order valence-corrected chi connectivity index (χ3v) is 4.89. The third kappa shape index (κ3) is 9.16. The van der Waals surface area contributed by atoms with Crippen LogP contribution in [-0.2, 0) is 19.6 Å². The van der Waals surface area contributed by atoms with Gasteiger partial charge in [-0.1, -0.05) is 15.9 Å². The van der Waals surface area contributed by atoms with Crippen LogP contribution in [0.4, 0.5) is 4.79 Å². The number of alkyl carbamates (subject to hydrolysis) is 1. The minimum absolute atomic E-state index is 0.0117. The number of benzene rings is 1. The summed E-state index contributed by atoms with van der Waals surface area (Å²) >= 11 is 3.23. The van der Waals surface area contributed by atoms with E-state index in [0.29, 0.717) is 0 Å². The number of rotatable bonds is 8. The normalized spacial score (nSPS) is 11.7. The van der Waals surface area contributed by atoms with Gasteiger partial charge in [-0.05, 0) is 45.0 Å². The van der Waals surface area contributed by atoms with Gasteiger partial charge in [0.15, 0.2) is 0 Å². The van der Waals surface area contributed by atoms with E-state index in [1.165, 1.54) is 12.1 Å². The first-order valence-electron chi connectivity index (χ1n) is 7.98. The van der Waals surface area contributed by atoms with Gasteiger partial charge < -0.3 is 15.4 Å². The van der Waals surface area contributed by atoms with Crippen molar-refractivity contribution >= 4 is 38.0 Å². The second-order valence-electron chi connectivity index (χ2n) is 6.38. The van der Waals surface area contributed by atoms with E-state index in [1.54, 1.807) is 32.9 Å². The second kappa shape index (κ2) is 9.89. The van der Waals surface area contributed by atoms with Gasteiger partial charge in [-0.2, -0.15) is 0 Å². The zero-order chi connectivity index (χ0) is 19.8. The molecule has 0 aliphatic heterocycles. The molecule has 0 aromatic heterocycles. The fourth-order valence-corrected chi connectivity index (χ4v) is 3.06. The standard InChI is InChI=1S/C16H24BrN3O5S/c1-16(2,3)25-15(22)19-11-10-18-14(21)8-9-20-26(23,24)13-6-4-12(17)5-7-13/h4-7,20H,8-11H2,1-3H3,(H,18,21)(H,19,22). The van der Waals surface area contributed by atoms with Crippen molar-refractivity contribution in [3.8, 4) is 0 Å². The molecule has 0 spiro atoms. The van der Waals surface area contributed by atoms with Crippen LogP contribution >= 0.6 is 15.9 Å². The molecule has 0 saturated heterocycles. The topological polar surface area (TPSA) is 114 Å². The summed E-state index contributed by atoms with van der Waals surface area (Å²) in [5.41, 5.74) is -0.584. The number of hydrogen-bond acceptors (Lipinski definition) is 5. The molecule has 0 aliphatic carbocycles. The van der Waals surface area contributed by atoms with E-state index >= 15 is 0 Å². The first-order valence-corrected chi connectivity index (χ1v) is 10.3. The molecule has 0 unspecified atom stereocenters. The van der Waals surface area contributed by atoms with E-state index in [0.717, 1.165) is 4.47 Å². The number of amides is 2. The van der Waals surface area contributed by atoms with E-state index in [1.807, 2.05) is 0 Å². The number of nitrogens with one attached hydrogen (secondary N) is 3. The molecular weight excluding hydrogens is 426 g/mol. The lowest BCUT2D eigenvalue weighted by molar-refractivity contribution is -0.120. The molecule has 1 rings (SSSR count). The summed E-state index contributed by atoms with van der Waals surface area (Å²) in [7, 11) is -3.65. The zero-order valence-corrected chi connectivity index (χ0v) is 17.4. The molecule has 0 bridgehead atoms. The Hall–Kier alpha value is -1.65. The van der Waals surface area contributed by atoms with Crippen molar-refractivity contribution in [2.75, 3.05) is 19.6 Å². The smallest absolute Gasteiger partial charge is 0.407 e. The van der Waals surface area contributed by atoms with Crippen molar-refractivity contribution in [3.63, 3.8) is 0 Å². The molecule has 3 N–H and O–H groups in total. The zero-order valence-electron chi connectivity index (χ0n) is 15.0. The average molecular weight is 450 g/mol. The van der Waals surface area contributed by atoms with Crippen LogP contribution < -0.4 is 15.4 Å². The number of ether oxygens (including phenoxy) is 1. The third-order valence-electron chi connectivity index (χ3n) is 2.88. The molecule has 10 heteroatoms. The molecule has 146 valence electrons. The minimum Gasteiger partial charge on any atom is -0.444 e. The number of carbonyl (C=O) groups excluding carboxylic acids is 2. The van der Waals surface area contributed by atoms with Gasteiger partial charge in [0.1, 0.15) is 5.60 Å². The van der Waals surface area contributed by atoms with Gasteiger partial charge in [0, 0.05) is 30.5 Å². The fourth-order valence-electron chi connectivity index (χ4n) is 1.77. The van der Waals surface area contributed by atoms with Crippen LogP contribution in [0.1, 0.15) is 27.2 Å². The summed E-state index contributed by atoms with van der Waals surface area (Å²) < 4.78 is 32.3. The number of carbonyl (C=O) groups is 2. The summed E-state index contributed by atoms with van der Waals surface area (Å²) in [5, 5.41) is 5.09. The van der Waals surface area contributed by atoms with Crippen molar-refractivity contribution in [3.05, 3.63) is 28.7 Å². The molecule has 0 aliphatic rings. The van der Waals surface area contributed by atoms with Crippen LogP contribution in [0.2, 0.25) is 0 Å². The number of halogens is 1. The Labute approximate surface area is 162 Å². The Balaban J connectivity index is 2.24. The van der Waals surface area contributed by atoms with Crippen LogP contribution in [0.3, 0.4) is 0 Å². The Kier molecular flexibility index (Phi) is 8.51. The highest BCUT2D eigenvalue weighted by Crippen LogP contribution is 2.14. The molecule has 0 saturated carbocycles. The Morgan fingerprint density at radius 3 is 2.19 bits per heavy atom. The van der Waals surface area contributed by atoms with Gasteiger partial charge in [0.25, 0.3) is 0 Å². The van der Waals surface area contributed by atoms with Crippen molar-refractivity contribution in [2.45, 2.75) is 37.7 Å². The van der Waals surface area contributed by atoms with Gasteiger partial charge in [0.05, 0.1) is 4.90 Å². The quantitative estimate of drug-likeness (QED) is 0.523. The molecular formula is C16H24BrN3O5S. The summed E-state index contributed by atoms with van der Waals surface area (Å²) in [6.07, 6.45) is -0.573. The Bertz CT molecular complexity index is 714. The molecule has 2 amide bonds. The monoisotopic (exact) mass is 449 g/mol. The number of hydrogen-bond donors (Lipinski definition) is 3.